The fraction of sp³-hybridized carbons (Fsp3) is 0.476. The zero-order valence-electron chi connectivity index (χ0n) is 16.6. The fourth-order valence-electron chi connectivity index (χ4n) is 2.61. The van der Waals surface area contributed by atoms with Gasteiger partial charge in [0.2, 0.25) is 0 Å². The normalized spacial score (nSPS) is 14.1. The number of rotatable bonds is 9. The molecule has 1 heterocycles. The van der Waals surface area contributed by atoms with Crippen LogP contribution in [0.3, 0.4) is 0 Å². The lowest BCUT2D eigenvalue weighted by atomic mass is 10.1. The predicted octanol–water partition coefficient (Wildman–Crippen LogP) is 3.93. The van der Waals surface area contributed by atoms with E-state index in [0.29, 0.717) is 25.0 Å². The van der Waals surface area contributed by atoms with Gasteiger partial charge in [-0.1, -0.05) is 19.1 Å². The quantitative estimate of drug-likeness (QED) is 0.449. The summed E-state index contributed by atoms with van der Waals surface area (Å²) in [6.45, 7) is 10.0. The van der Waals surface area contributed by atoms with Crippen molar-refractivity contribution in [3.05, 3.63) is 52.2 Å². The van der Waals surface area contributed by atoms with Gasteiger partial charge in [0, 0.05) is 25.6 Å². The van der Waals surface area contributed by atoms with Crippen LogP contribution in [0.1, 0.15) is 50.8 Å². The first-order chi connectivity index (χ1) is 13.0. The molecule has 3 N–H and O–H groups in total. The molecule has 2 aromatic rings. The Bertz CT molecular complexity index is 701. The Labute approximate surface area is 166 Å². The Morgan fingerprint density at radius 2 is 2.00 bits per heavy atom. The minimum atomic E-state index is -0.640. The van der Waals surface area contributed by atoms with E-state index in [1.165, 1.54) is 5.56 Å². The van der Waals surface area contributed by atoms with Gasteiger partial charge in [-0.15, -0.1) is 0 Å². The van der Waals surface area contributed by atoms with Crippen LogP contribution in [-0.2, 0) is 0 Å². The summed E-state index contributed by atoms with van der Waals surface area (Å²) >= 11 is 1.71. The molecule has 148 valence electrons. The smallest absolute Gasteiger partial charge is 0.191 e. The monoisotopic (exact) mass is 389 g/mol. The predicted molar refractivity (Wildman–Crippen MR) is 114 cm³/mol. The molecule has 0 radical (unpaired) electrons. The van der Waals surface area contributed by atoms with Crippen LogP contribution >= 0.6 is 11.3 Å². The molecule has 0 spiro atoms. The molecule has 0 aliphatic heterocycles. The number of nitrogens with zero attached hydrogens (tertiary/aromatic N) is 1. The zero-order chi connectivity index (χ0) is 19.6. The van der Waals surface area contributed by atoms with Crippen molar-refractivity contribution in [2.24, 2.45) is 4.99 Å². The van der Waals surface area contributed by atoms with Gasteiger partial charge in [-0.2, -0.15) is 11.3 Å². The highest BCUT2D eigenvalue weighted by atomic mass is 32.1. The largest absolute Gasteiger partial charge is 0.491 e. The SMILES string of the molecule is CCNC(=NCC(C)c1ccsc1)NCC(O)c1cccc(OC(C)C)c1. The van der Waals surface area contributed by atoms with Gasteiger partial charge in [0.1, 0.15) is 5.75 Å². The second kappa shape index (κ2) is 10.9. The molecule has 6 heteroatoms. The first-order valence-corrected chi connectivity index (χ1v) is 10.4. The van der Waals surface area contributed by atoms with Crippen molar-refractivity contribution in [3.8, 4) is 5.75 Å². The van der Waals surface area contributed by atoms with Crippen LogP contribution in [0.2, 0.25) is 0 Å². The highest BCUT2D eigenvalue weighted by molar-refractivity contribution is 7.07. The van der Waals surface area contributed by atoms with E-state index in [4.69, 9.17) is 4.74 Å². The number of hydrogen-bond acceptors (Lipinski definition) is 4. The Morgan fingerprint density at radius 3 is 2.67 bits per heavy atom. The van der Waals surface area contributed by atoms with Gasteiger partial charge in [-0.05, 0) is 60.9 Å². The number of thiophene rings is 1. The Kier molecular flexibility index (Phi) is 8.61. The van der Waals surface area contributed by atoms with Crippen LogP contribution in [0.25, 0.3) is 0 Å². The lowest BCUT2D eigenvalue weighted by Crippen LogP contribution is -2.39. The summed E-state index contributed by atoms with van der Waals surface area (Å²) in [5.41, 5.74) is 2.13. The van der Waals surface area contributed by atoms with Crippen molar-refractivity contribution in [3.63, 3.8) is 0 Å². The topological polar surface area (TPSA) is 65.9 Å². The third-order valence-electron chi connectivity index (χ3n) is 4.06. The second-order valence-corrected chi connectivity index (χ2v) is 7.59. The molecule has 5 nitrogen and oxygen atoms in total. The van der Waals surface area contributed by atoms with Crippen LogP contribution < -0.4 is 15.4 Å². The van der Waals surface area contributed by atoms with Crippen LogP contribution in [0, 0.1) is 0 Å². The molecule has 0 saturated carbocycles. The third kappa shape index (κ3) is 7.23. The number of benzene rings is 1. The van der Waals surface area contributed by atoms with Gasteiger partial charge in [-0.3, -0.25) is 4.99 Å². The molecule has 2 atom stereocenters. The van der Waals surface area contributed by atoms with Crippen LogP contribution in [0.5, 0.6) is 5.75 Å². The Hall–Kier alpha value is -2.05. The van der Waals surface area contributed by atoms with E-state index in [2.05, 4.69) is 39.4 Å². The summed E-state index contributed by atoms with van der Waals surface area (Å²) in [7, 11) is 0. The number of ether oxygens (including phenoxy) is 1. The molecule has 0 amide bonds. The lowest BCUT2D eigenvalue weighted by molar-refractivity contribution is 0.179. The average molecular weight is 390 g/mol. The molecule has 0 saturated heterocycles. The van der Waals surface area contributed by atoms with E-state index < -0.39 is 6.10 Å². The van der Waals surface area contributed by atoms with Crippen molar-refractivity contribution < 1.29 is 9.84 Å². The number of hydrogen-bond donors (Lipinski definition) is 3. The van der Waals surface area contributed by atoms with E-state index in [-0.39, 0.29) is 6.10 Å². The molecule has 0 bridgehead atoms. The minimum absolute atomic E-state index is 0.105. The molecule has 2 unspecified atom stereocenters. The fourth-order valence-corrected chi connectivity index (χ4v) is 3.39. The first kappa shape index (κ1) is 21.3. The highest BCUT2D eigenvalue weighted by Crippen LogP contribution is 2.20. The number of guanidine groups is 1. The molecule has 0 fully saturated rings. The van der Waals surface area contributed by atoms with Gasteiger partial charge in [0.25, 0.3) is 0 Å². The molecule has 1 aromatic heterocycles. The molecule has 0 aliphatic carbocycles. The zero-order valence-corrected chi connectivity index (χ0v) is 17.4. The highest BCUT2D eigenvalue weighted by Gasteiger charge is 2.11. The number of aliphatic hydroxyl groups is 1. The van der Waals surface area contributed by atoms with Gasteiger partial charge in [0.15, 0.2) is 5.96 Å². The standard InChI is InChI=1S/C21H31N3O2S/c1-5-22-21(23-12-16(4)18-9-10-27-14-18)24-13-20(25)17-7-6-8-19(11-17)26-15(2)3/h6-11,14-16,20,25H,5,12-13H2,1-4H3,(H2,22,23,24). The van der Waals surface area contributed by atoms with E-state index in [1.807, 2.05) is 45.0 Å². The van der Waals surface area contributed by atoms with E-state index in [1.54, 1.807) is 11.3 Å². The molecule has 1 aromatic carbocycles. The second-order valence-electron chi connectivity index (χ2n) is 6.81. The van der Waals surface area contributed by atoms with Gasteiger partial charge < -0.3 is 20.5 Å². The summed E-state index contributed by atoms with van der Waals surface area (Å²) in [5, 5.41) is 21.2. The summed E-state index contributed by atoms with van der Waals surface area (Å²) in [5.74, 6) is 1.85. The molecule has 2 rings (SSSR count). The number of aliphatic hydroxyl groups excluding tert-OH is 1. The van der Waals surface area contributed by atoms with E-state index >= 15 is 0 Å². The summed E-state index contributed by atoms with van der Waals surface area (Å²) in [4.78, 5) is 4.66. The molecule has 0 aliphatic rings. The average Bonchev–Trinajstić information content (AvgIpc) is 3.18. The third-order valence-corrected chi connectivity index (χ3v) is 4.76. The Morgan fingerprint density at radius 1 is 1.19 bits per heavy atom. The lowest BCUT2D eigenvalue weighted by Gasteiger charge is -2.17. The summed E-state index contributed by atoms with van der Waals surface area (Å²) in [6.07, 6.45) is -0.535. The van der Waals surface area contributed by atoms with E-state index in [9.17, 15) is 5.11 Å². The summed E-state index contributed by atoms with van der Waals surface area (Å²) < 4.78 is 5.70. The maximum Gasteiger partial charge on any atom is 0.191 e. The van der Waals surface area contributed by atoms with Crippen molar-refractivity contribution in [1.29, 1.82) is 0 Å². The van der Waals surface area contributed by atoms with Crippen molar-refractivity contribution in [2.45, 2.75) is 45.8 Å². The van der Waals surface area contributed by atoms with Gasteiger partial charge in [-0.25, -0.2) is 0 Å². The first-order valence-electron chi connectivity index (χ1n) is 9.48. The Balaban J connectivity index is 1.93. The van der Waals surface area contributed by atoms with E-state index in [0.717, 1.165) is 17.9 Å². The van der Waals surface area contributed by atoms with Crippen LogP contribution in [-0.4, -0.2) is 36.8 Å². The van der Waals surface area contributed by atoms with Gasteiger partial charge >= 0.3 is 0 Å². The molecular weight excluding hydrogens is 358 g/mol. The van der Waals surface area contributed by atoms with Crippen molar-refractivity contribution in [2.75, 3.05) is 19.6 Å². The van der Waals surface area contributed by atoms with Crippen molar-refractivity contribution >= 4 is 17.3 Å². The van der Waals surface area contributed by atoms with Crippen LogP contribution in [0.4, 0.5) is 0 Å². The minimum Gasteiger partial charge on any atom is -0.491 e. The van der Waals surface area contributed by atoms with Crippen LogP contribution in [0.15, 0.2) is 46.1 Å². The summed E-state index contributed by atoms with van der Waals surface area (Å²) in [6, 6.07) is 9.73. The molecule has 27 heavy (non-hydrogen) atoms. The molecular formula is C21H31N3O2S. The number of aliphatic imine (C=N–C) groups is 1. The maximum absolute atomic E-state index is 10.5. The van der Waals surface area contributed by atoms with Crippen molar-refractivity contribution in [1.82, 2.24) is 10.6 Å². The maximum atomic E-state index is 10.5. The number of nitrogens with one attached hydrogen (secondary N) is 2. The van der Waals surface area contributed by atoms with Gasteiger partial charge in [0.05, 0.1) is 12.2 Å².